The van der Waals surface area contributed by atoms with E-state index < -0.39 is 28.9 Å². The molecule has 2 aliphatic carbocycles. The van der Waals surface area contributed by atoms with E-state index in [4.69, 9.17) is 4.74 Å². The van der Waals surface area contributed by atoms with Gasteiger partial charge >= 0.3 is 6.18 Å². The fourth-order valence-corrected chi connectivity index (χ4v) is 8.42. The lowest BCUT2D eigenvalue weighted by Gasteiger charge is -2.64. The van der Waals surface area contributed by atoms with E-state index in [9.17, 15) is 28.2 Å². The molecule has 5 atom stereocenters. The van der Waals surface area contributed by atoms with Crippen LogP contribution in [0.4, 0.5) is 13.2 Å². The molecule has 6 nitrogen and oxygen atoms in total. The van der Waals surface area contributed by atoms with Crippen molar-refractivity contribution < 1.29 is 32.9 Å². The third-order valence-electron chi connectivity index (χ3n) is 10.6. The molecular weight excluding hydrogens is 569 g/mol. The number of nitrogens with zero attached hydrogens (tertiary/aromatic N) is 2. The van der Waals surface area contributed by atoms with Crippen molar-refractivity contribution in [1.29, 1.82) is 0 Å². The maximum atomic E-state index is 13.4. The summed E-state index contributed by atoms with van der Waals surface area (Å²) in [5, 5.41) is 23.6. The van der Waals surface area contributed by atoms with Crippen LogP contribution in [-0.4, -0.2) is 69.8 Å². The van der Waals surface area contributed by atoms with Gasteiger partial charge in [-0.15, -0.1) is 0 Å². The fourth-order valence-electron chi connectivity index (χ4n) is 8.42. The molecule has 2 N–H and O–H groups in total. The van der Waals surface area contributed by atoms with E-state index in [-0.39, 0.29) is 23.7 Å². The van der Waals surface area contributed by atoms with Gasteiger partial charge in [0.2, 0.25) is 5.91 Å². The van der Waals surface area contributed by atoms with Gasteiger partial charge in [-0.25, -0.2) is 0 Å². The van der Waals surface area contributed by atoms with Crippen LogP contribution in [0, 0.1) is 0 Å². The lowest BCUT2D eigenvalue weighted by molar-refractivity contribution is -0.199. The predicted molar refractivity (Wildman–Crippen MR) is 159 cm³/mol. The van der Waals surface area contributed by atoms with Gasteiger partial charge in [-0.2, -0.15) is 13.2 Å². The molecule has 7 rings (SSSR count). The summed E-state index contributed by atoms with van der Waals surface area (Å²) in [6.45, 7) is 1.57. The molecule has 1 saturated heterocycles. The molecule has 4 aliphatic rings. The Balaban J connectivity index is 1.17. The quantitative estimate of drug-likeness (QED) is 0.372. The second-order valence-corrected chi connectivity index (χ2v) is 12.6. The molecule has 2 heterocycles. The highest BCUT2D eigenvalue weighted by Gasteiger charge is 2.73. The molecule has 2 bridgehead atoms. The Bertz CT molecular complexity index is 1610. The van der Waals surface area contributed by atoms with Gasteiger partial charge in [-0.1, -0.05) is 48.5 Å². The van der Waals surface area contributed by atoms with Crippen molar-refractivity contribution in [3.8, 4) is 11.5 Å². The van der Waals surface area contributed by atoms with Gasteiger partial charge in [0.15, 0.2) is 11.5 Å². The zero-order valence-corrected chi connectivity index (χ0v) is 24.4. The van der Waals surface area contributed by atoms with E-state index in [2.05, 4.69) is 17.0 Å². The van der Waals surface area contributed by atoms with Crippen molar-refractivity contribution in [1.82, 2.24) is 9.80 Å². The first-order valence-electron chi connectivity index (χ1n) is 15.2. The number of phenols is 1. The Morgan fingerprint density at radius 3 is 2.57 bits per heavy atom. The number of ether oxygens (including phenoxy) is 1. The molecule has 9 heteroatoms. The van der Waals surface area contributed by atoms with E-state index in [0.717, 1.165) is 42.8 Å². The molecule has 3 aromatic carbocycles. The molecule has 0 aromatic heterocycles. The Kier molecular flexibility index (Phi) is 6.82. The highest BCUT2D eigenvalue weighted by molar-refractivity contribution is 5.92. The van der Waals surface area contributed by atoms with Crippen LogP contribution in [0.3, 0.4) is 0 Å². The van der Waals surface area contributed by atoms with E-state index in [1.54, 1.807) is 18.0 Å². The smallest absolute Gasteiger partial charge is 0.416 e. The number of halogens is 3. The number of carbonyl (C=O) groups excluding carboxylic acids is 1. The summed E-state index contributed by atoms with van der Waals surface area (Å²) in [7, 11) is 1.70. The number of aliphatic hydroxyl groups is 1. The topological polar surface area (TPSA) is 73.2 Å². The summed E-state index contributed by atoms with van der Waals surface area (Å²) in [6, 6.07) is 18.1. The van der Waals surface area contributed by atoms with Crippen LogP contribution < -0.4 is 4.74 Å². The van der Waals surface area contributed by atoms with E-state index in [0.29, 0.717) is 37.0 Å². The Hall–Kier alpha value is -3.82. The number of carbonyl (C=O) groups is 1. The maximum Gasteiger partial charge on any atom is 0.416 e. The van der Waals surface area contributed by atoms with Gasteiger partial charge in [0, 0.05) is 31.3 Å². The average Bonchev–Trinajstić information content (AvgIpc) is 3.36. The van der Waals surface area contributed by atoms with Crippen LogP contribution in [0.15, 0.2) is 72.8 Å². The summed E-state index contributed by atoms with van der Waals surface area (Å²) in [6.07, 6.45) is 1.02. The number of likely N-dealkylation sites (tertiary alicyclic amines) is 1. The minimum atomic E-state index is -4.43. The zero-order chi connectivity index (χ0) is 30.9. The second-order valence-electron chi connectivity index (χ2n) is 12.6. The van der Waals surface area contributed by atoms with Crippen molar-refractivity contribution in [2.75, 3.05) is 20.1 Å². The summed E-state index contributed by atoms with van der Waals surface area (Å²) < 4.78 is 45.4. The van der Waals surface area contributed by atoms with Crippen molar-refractivity contribution in [2.45, 2.75) is 67.5 Å². The van der Waals surface area contributed by atoms with Crippen LogP contribution in [0.1, 0.15) is 47.1 Å². The highest BCUT2D eigenvalue weighted by atomic mass is 19.4. The number of alkyl halides is 3. The van der Waals surface area contributed by atoms with Crippen LogP contribution in [0.5, 0.6) is 11.5 Å². The minimum Gasteiger partial charge on any atom is -0.504 e. The normalized spacial score (nSPS) is 28.9. The second kappa shape index (κ2) is 10.4. The number of benzene rings is 3. The van der Waals surface area contributed by atoms with Crippen molar-refractivity contribution in [3.05, 3.63) is 101 Å². The van der Waals surface area contributed by atoms with E-state index >= 15 is 0 Å². The SMILES string of the molecule is CN(C(=O)C=Cc1ccc(C(F)(F)F)cc1)[C@H]1CC[C@@]2(O)[C@H]3Cc4ccc(O)c5c4[C@@]2(CCN3CCc2ccccc2)[C@H]1O5. The number of phenolic OH excluding ortho intramolecular Hbond substituents is 1. The van der Waals surface area contributed by atoms with Crippen LogP contribution in [0.25, 0.3) is 6.08 Å². The molecule has 230 valence electrons. The maximum absolute atomic E-state index is 13.4. The summed E-state index contributed by atoms with van der Waals surface area (Å²) in [4.78, 5) is 17.5. The Labute approximate surface area is 254 Å². The highest BCUT2D eigenvalue weighted by Crippen LogP contribution is 2.65. The summed E-state index contributed by atoms with van der Waals surface area (Å²) in [5.41, 5.74) is 1.05. The Morgan fingerprint density at radius 1 is 1.09 bits per heavy atom. The lowest BCUT2D eigenvalue weighted by Crippen LogP contribution is -2.78. The molecule has 1 spiro atoms. The number of aromatic hydroxyl groups is 1. The first kappa shape index (κ1) is 28.9. The number of hydrogen-bond acceptors (Lipinski definition) is 5. The zero-order valence-electron chi connectivity index (χ0n) is 24.4. The number of rotatable bonds is 6. The molecule has 2 aliphatic heterocycles. The molecule has 3 aromatic rings. The molecular formula is C35H35F3N2O4. The van der Waals surface area contributed by atoms with Gasteiger partial charge in [0.05, 0.1) is 22.6 Å². The molecule has 0 unspecified atom stereocenters. The van der Waals surface area contributed by atoms with Crippen molar-refractivity contribution in [3.63, 3.8) is 0 Å². The number of piperidine rings is 1. The van der Waals surface area contributed by atoms with Crippen molar-refractivity contribution >= 4 is 12.0 Å². The fraction of sp³-hybridized carbons (Fsp3) is 0.400. The molecule has 1 saturated carbocycles. The monoisotopic (exact) mass is 604 g/mol. The van der Waals surface area contributed by atoms with Gasteiger partial charge < -0.3 is 19.8 Å². The molecule has 2 fully saturated rings. The summed E-state index contributed by atoms with van der Waals surface area (Å²) >= 11 is 0. The number of likely N-dealkylation sites (N-methyl/N-ethyl adjacent to an activating group) is 1. The lowest BCUT2D eigenvalue weighted by atomic mass is 9.48. The third kappa shape index (κ3) is 4.35. The first-order valence-corrected chi connectivity index (χ1v) is 15.2. The van der Waals surface area contributed by atoms with Gasteiger partial charge in [0.25, 0.3) is 0 Å². The largest absolute Gasteiger partial charge is 0.504 e. The molecule has 1 amide bonds. The van der Waals surface area contributed by atoms with Gasteiger partial charge in [-0.05, 0) is 79.6 Å². The predicted octanol–water partition coefficient (Wildman–Crippen LogP) is 5.35. The Morgan fingerprint density at radius 2 is 1.84 bits per heavy atom. The minimum absolute atomic E-state index is 0.0368. The molecule has 44 heavy (non-hydrogen) atoms. The average molecular weight is 605 g/mol. The van der Waals surface area contributed by atoms with Gasteiger partial charge in [0.1, 0.15) is 6.10 Å². The number of hydrogen-bond donors (Lipinski definition) is 2. The third-order valence-corrected chi connectivity index (χ3v) is 10.6. The molecule has 0 radical (unpaired) electrons. The number of amides is 1. The van der Waals surface area contributed by atoms with Crippen molar-refractivity contribution in [2.24, 2.45) is 0 Å². The van der Waals surface area contributed by atoms with E-state index in [1.165, 1.54) is 29.8 Å². The summed E-state index contributed by atoms with van der Waals surface area (Å²) in [5.74, 6) is 0.137. The van der Waals surface area contributed by atoms with Crippen LogP contribution >= 0.6 is 0 Å². The van der Waals surface area contributed by atoms with E-state index in [1.807, 2.05) is 24.3 Å². The van der Waals surface area contributed by atoms with Crippen LogP contribution in [-0.2, 0) is 29.2 Å². The first-order chi connectivity index (χ1) is 21.0. The van der Waals surface area contributed by atoms with Gasteiger partial charge in [-0.3, -0.25) is 9.69 Å². The van der Waals surface area contributed by atoms with Crippen LogP contribution in [0.2, 0.25) is 0 Å². The standard InChI is InChI=1S/C35H35F3N2O4/c1-39(29(42)14-9-23-7-11-25(12-8-23)35(36,37)38)26-15-17-34(43)28-21-24-10-13-27(41)31-30(24)33(34,32(26)44-31)18-20-40(28)19-16-22-5-3-2-4-6-22/h2-14,26,28,32,41,43H,15-21H2,1H3/t26-,28+,32-,33-,34+/m0/s1.